The maximum atomic E-state index is 9.86. The molecule has 1 N–H and O–H groups in total. The summed E-state index contributed by atoms with van der Waals surface area (Å²) >= 11 is 0. The molecule has 0 amide bonds. The smallest absolute Gasteiger partial charge is 0.143 e. The van der Waals surface area contributed by atoms with Crippen LogP contribution in [0.3, 0.4) is 0 Å². The maximum absolute atomic E-state index is 9.86. The van der Waals surface area contributed by atoms with Crippen molar-refractivity contribution in [3.63, 3.8) is 0 Å². The number of aryl methyl sites for hydroxylation is 3. The lowest BCUT2D eigenvalue weighted by atomic mass is 10.1. The van der Waals surface area contributed by atoms with Crippen molar-refractivity contribution in [2.75, 3.05) is 0 Å². The van der Waals surface area contributed by atoms with Crippen LogP contribution in [0.2, 0.25) is 0 Å². The first-order chi connectivity index (χ1) is 7.58. The van der Waals surface area contributed by atoms with Crippen molar-refractivity contribution in [1.29, 1.82) is 0 Å². The van der Waals surface area contributed by atoms with Gasteiger partial charge in [0.1, 0.15) is 11.4 Å². The minimum Gasteiger partial charge on any atom is -0.506 e. The lowest BCUT2D eigenvalue weighted by Crippen LogP contribution is -1.93. The Morgan fingerprint density at radius 1 is 1.12 bits per heavy atom. The second kappa shape index (κ2) is 3.93. The predicted molar refractivity (Wildman–Crippen MR) is 63.3 cm³/mol. The van der Waals surface area contributed by atoms with Crippen molar-refractivity contribution in [3.8, 4) is 17.1 Å². The van der Waals surface area contributed by atoms with Crippen LogP contribution >= 0.6 is 0 Å². The maximum Gasteiger partial charge on any atom is 0.143 e. The molecule has 0 radical (unpaired) electrons. The summed E-state index contributed by atoms with van der Waals surface area (Å²) in [6.45, 7) is 5.84. The molecule has 3 heteroatoms. The molecule has 0 atom stereocenters. The lowest BCUT2D eigenvalue weighted by Gasteiger charge is -2.07. The second-order valence-corrected chi connectivity index (χ2v) is 3.98. The average Bonchev–Trinajstić information content (AvgIpc) is 2.23. The van der Waals surface area contributed by atoms with Gasteiger partial charge in [-0.15, -0.1) is 0 Å². The van der Waals surface area contributed by atoms with Gasteiger partial charge in [0.15, 0.2) is 0 Å². The molecule has 0 aliphatic carbocycles. The van der Waals surface area contributed by atoms with E-state index < -0.39 is 0 Å². The highest BCUT2D eigenvalue weighted by Gasteiger charge is 2.09. The van der Waals surface area contributed by atoms with Crippen molar-refractivity contribution in [2.24, 2.45) is 0 Å². The molecule has 0 bridgehead atoms. The fraction of sp³-hybridized carbons (Fsp3) is 0.231. The molecule has 16 heavy (non-hydrogen) atoms. The zero-order valence-electron chi connectivity index (χ0n) is 9.65. The number of aromatic hydroxyl groups is 1. The van der Waals surface area contributed by atoms with Crippen LogP contribution in [0.5, 0.6) is 5.75 Å². The van der Waals surface area contributed by atoms with Gasteiger partial charge in [-0.2, -0.15) is 0 Å². The van der Waals surface area contributed by atoms with E-state index in [-0.39, 0.29) is 5.75 Å². The highest BCUT2D eigenvalue weighted by Crippen LogP contribution is 2.27. The van der Waals surface area contributed by atoms with Crippen molar-refractivity contribution >= 4 is 0 Å². The van der Waals surface area contributed by atoms with E-state index in [2.05, 4.69) is 9.97 Å². The Balaban J connectivity index is 2.60. The predicted octanol–water partition coefficient (Wildman–Crippen LogP) is 2.77. The van der Waals surface area contributed by atoms with E-state index in [9.17, 15) is 5.11 Å². The van der Waals surface area contributed by atoms with Gasteiger partial charge in [-0.05, 0) is 50.1 Å². The number of aromatic nitrogens is 2. The monoisotopic (exact) mass is 214 g/mol. The lowest BCUT2D eigenvalue weighted by molar-refractivity contribution is 0.474. The third-order valence-corrected chi connectivity index (χ3v) is 2.60. The average molecular weight is 214 g/mol. The molecule has 2 aromatic rings. The normalized spacial score (nSPS) is 10.4. The van der Waals surface area contributed by atoms with Gasteiger partial charge in [-0.1, -0.05) is 0 Å². The Morgan fingerprint density at radius 3 is 2.56 bits per heavy atom. The molecule has 0 spiro atoms. The summed E-state index contributed by atoms with van der Waals surface area (Å²) in [5, 5.41) is 9.86. The first-order valence-corrected chi connectivity index (χ1v) is 5.18. The first kappa shape index (κ1) is 10.6. The number of pyridine rings is 2. The van der Waals surface area contributed by atoms with Crippen LogP contribution in [-0.4, -0.2) is 15.1 Å². The molecular formula is C13H14N2O. The number of hydrogen-bond acceptors (Lipinski definition) is 3. The molecule has 2 heterocycles. The minimum atomic E-state index is 0.182. The number of nitrogens with zero attached hydrogens (tertiary/aromatic N) is 2. The molecule has 2 rings (SSSR count). The Labute approximate surface area is 94.8 Å². The van der Waals surface area contributed by atoms with Crippen LogP contribution in [-0.2, 0) is 0 Å². The topological polar surface area (TPSA) is 46.0 Å². The van der Waals surface area contributed by atoms with Crippen LogP contribution in [0, 0.1) is 20.8 Å². The van der Waals surface area contributed by atoms with Gasteiger partial charge in [-0.3, -0.25) is 4.98 Å². The van der Waals surface area contributed by atoms with E-state index in [1.54, 1.807) is 12.3 Å². The summed E-state index contributed by atoms with van der Waals surface area (Å²) in [4.78, 5) is 8.59. The standard InChI is InChI=1S/C13H14N2O/c1-8-4-5-14-11(6-8)13-12(16)7-9(2)10(3)15-13/h4-7,16H,1-3H3. The Bertz CT molecular complexity index is 535. The Morgan fingerprint density at radius 2 is 1.88 bits per heavy atom. The molecule has 0 saturated carbocycles. The van der Waals surface area contributed by atoms with Gasteiger partial charge in [-0.25, -0.2) is 4.98 Å². The van der Waals surface area contributed by atoms with E-state index in [1.807, 2.05) is 32.9 Å². The third kappa shape index (κ3) is 1.89. The van der Waals surface area contributed by atoms with E-state index in [0.717, 1.165) is 16.8 Å². The summed E-state index contributed by atoms with van der Waals surface area (Å²) in [7, 11) is 0. The van der Waals surface area contributed by atoms with Crippen LogP contribution in [0.25, 0.3) is 11.4 Å². The second-order valence-electron chi connectivity index (χ2n) is 3.98. The van der Waals surface area contributed by atoms with Crippen molar-refractivity contribution in [1.82, 2.24) is 9.97 Å². The van der Waals surface area contributed by atoms with Gasteiger partial charge >= 0.3 is 0 Å². The minimum absolute atomic E-state index is 0.182. The highest BCUT2D eigenvalue weighted by atomic mass is 16.3. The third-order valence-electron chi connectivity index (χ3n) is 2.60. The van der Waals surface area contributed by atoms with Gasteiger partial charge in [0.25, 0.3) is 0 Å². The van der Waals surface area contributed by atoms with Gasteiger partial charge < -0.3 is 5.11 Å². The van der Waals surface area contributed by atoms with E-state index in [1.165, 1.54) is 0 Å². The van der Waals surface area contributed by atoms with Crippen molar-refractivity contribution in [2.45, 2.75) is 20.8 Å². The van der Waals surface area contributed by atoms with Gasteiger partial charge in [0.2, 0.25) is 0 Å². The van der Waals surface area contributed by atoms with Gasteiger partial charge in [0.05, 0.1) is 5.69 Å². The zero-order valence-corrected chi connectivity index (χ0v) is 9.65. The Kier molecular flexibility index (Phi) is 2.60. The molecule has 0 aromatic carbocycles. The molecule has 0 aliphatic rings. The summed E-state index contributed by atoms with van der Waals surface area (Å²) in [6, 6.07) is 5.56. The SMILES string of the molecule is Cc1ccnc(-c2nc(C)c(C)cc2O)c1. The van der Waals surface area contributed by atoms with Crippen molar-refractivity contribution < 1.29 is 5.11 Å². The molecule has 2 aromatic heterocycles. The largest absolute Gasteiger partial charge is 0.506 e. The first-order valence-electron chi connectivity index (χ1n) is 5.18. The van der Waals surface area contributed by atoms with Crippen LogP contribution < -0.4 is 0 Å². The molecule has 0 unspecified atom stereocenters. The summed E-state index contributed by atoms with van der Waals surface area (Å²) in [6.07, 6.45) is 1.72. The molecule has 0 saturated heterocycles. The fourth-order valence-electron chi connectivity index (χ4n) is 1.55. The number of hydrogen-bond donors (Lipinski definition) is 1. The van der Waals surface area contributed by atoms with Crippen molar-refractivity contribution in [3.05, 3.63) is 41.2 Å². The summed E-state index contributed by atoms with van der Waals surface area (Å²) < 4.78 is 0. The van der Waals surface area contributed by atoms with Gasteiger partial charge in [0, 0.05) is 11.9 Å². The zero-order chi connectivity index (χ0) is 11.7. The molecular weight excluding hydrogens is 200 g/mol. The van der Waals surface area contributed by atoms with Crippen LogP contribution in [0.4, 0.5) is 0 Å². The summed E-state index contributed by atoms with van der Waals surface area (Å²) in [5.41, 5.74) is 4.25. The Hall–Kier alpha value is -1.90. The number of rotatable bonds is 1. The van der Waals surface area contributed by atoms with E-state index in [0.29, 0.717) is 11.4 Å². The van der Waals surface area contributed by atoms with E-state index in [4.69, 9.17) is 0 Å². The summed E-state index contributed by atoms with van der Waals surface area (Å²) in [5.74, 6) is 0.182. The highest BCUT2D eigenvalue weighted by molar-refractivity contribution is 5.63. The molecule has 0 aliphatic heterocycles. The molecule has 82 valence electrons. The van der Waals surface area contributed by atoms with Crippen LogP contribution in [0.1, 0.15) is 16.8 Å². The van der Waals surface area contributed by atoms with Crippen LogP contribution in [0.15, 0.2) is 24.4 Å². The molecule has 3 nitrogen and oxygen atoms in total. The fourth-order valence-corrected chi connectivity index (χ4v) is 1.55. The molecule has 0 fully saturated rings. The quantitative estimate of drug-likeness (QED) is 0.794. The van der Waals surface area contributed by atoms with E-state index >= 15 is 0 Å².